The maximum atomic E-state index is 13.1. The van der Waals surface area contributed by atoms with Crippen molar-refractivity contribution < 1.29 is 21.9 Å². The van der Waals surface area contributed by atoms with Crippen molar-refractivity contribution >= 4 is 32.7 Å². The monoisotopic (exact) mass is 485 g/mol. The zero-order valence-electron chi connectivity index (χ0n) is 17.1. The van der Waals surface area contributed by atoms with Gasteiger partial charge in [-0.3, -0.25) is 4.40 Å². The van der Waals surface area contributed by atoms with E-state index in [1.807, 2.05) is 6.92 Å². The van der Waals surface area contributed by atoms with Crippen molar-refractivity contribution in [1.29, 1.82) is 0 Å². The van der Waals surface area contributed by atoms with Gasteiger partial charge in [-0.05, 0) is 38.7 Å². The van der Waals surface area contributed by atoms with Crippen LogP contribution in [0.3, 0.4) is 0 Å². The van der Waals surface area contributed by atoms with Gasteiger partial charge in [-0.1, -0.05) is 11.3 Å². The Morgan fingerprint density at radius 1 is 1.22 bits per heavy atom. The number of hydrogen-bond acceptors (Lipinski definition) is 9. The molecule has 3 aromatic heterocycles. The molecular formula is C18H21F2N7O3S2. The van der Waals surface area contributed by atoms with Crippen LogP contribution < -0.4 is 10.0 Å². The largest absolute Gasteiger partial charge is 0.381 e. The Hall–Kier alpha value is -2.29. The quantitative estimate of drug-likeness (QED) is 0.524. The molecule has 0 radical (unpaired) electrons. The number of aromatic nitrogens is 5. The maximum absolute atomic E-state index is 13.1. The molecule has 0 amide bonds. The van der Waals surface area contributed by atoms with Gasteiger partial charge in [0.2, 0.25) is 10.0 Å². The average molecular weight is 486 g/mol. The minimum atomic E-state index is -3.84. The van der Waals surface area contributed by atoms with Crippen LogP contribution in [0.5, 0.6) is 0 Å². The predicted molar refractivity (Wildman–Crippen MR) is 112 cm³/mol. The van der Waals surface area contributed by atoms with Gasteiger partial charge in [0.15, 0.2) is 21.5 Å². The number of rotatable bonds is 7. The molecule has 0 atom stereocenters. The number of hydrogen-bond donors (Lipinski definition) is 2. The lowest BCUT2D eigenvalue weighted by atomic mass is 10.1. The smallest absolute Gasteiger partial charge is 0.291 e. The van der Waals surface area contributed by atoms with Crippen molar-refractivity contribution in [2.24, 2.45) is 0 Å². The molecule has 14 heteroatoms. The second-order valence-electron chi connectivity index (χ2n) is 8.25. The van der Waals surface area contributed by atoms with Gasteiger partial charge >= 0.3 is 0 Å². The van der Waals surface area contributed by atoms with E-state index in [-0.39, 0.29) is 21.8 Å². The molecule has 1 saturated heterocycles. The first-order valence-corrected chi connectivity index (χ1v) is 12.4. The first-order chi connectivity index (χ1) is 15.2. The number of fused-ring (bicyclic) bond motifs is 1. The van der Waals surface area contributed by atoms with E-state index in [1.54, 1.807) is 0 Å². The van der Waals surface area contributed by atoms with E-state index in [1.165, 1.54) is 16.7 Å². The summed E-state index contributed by atoms with van der Waals surface area (Å²) in [7, 11) is -3.84. The topological polar surface area (TPSA) is 123 Å². The molecule has 2 fully saturated rings. The third-order valence-electron chi connectivity index (χ3n) is 5.57. The van der Waals surface area contributed by atoms with Crippen LogP contribution in [-0.2, 0) is 14.8 Å². The van der Waals surface area contributed by atoms with Crippen LogP contribution in [0.15, 0.2) is 17.2 Å². The molecule has 0 spiro atoms. The fraction of sp³-hybridized carbons (Fsp3) is 0.556. The lowest BCUT2D eigenvalue weighted by Crippen LogP contribution is -2.34. The number of ether oxygens (including phenoxy) is 1. The molecule has 2 aliphatic rings. The van der Waals surface area contributed by atoms with Crippen LogP contribution >= 0.6 is 11.3 Å². The van der Waals surface area contributed by atoms with Crippen molar-refractivity contribution in [3.8, 4) is 10.8 Å². The van der Waals surface area contributed by atoms with Crippen molar-refractivity contribution in [1.82, 2.24) is 29.5 Å². The van der Waals surface area contributed by atoms with Gasteiger partial charge in [0.1, 0.15) is 4.90 Å². The summed E-state index contributed by atoms with van der Waals surface area (Å²) in [5.41, 5.74) is 0.402. The Morgan fingerprint density at radius 2 is 1.97 bits per heavy atom. The molecule has 10 nitrogen and oxygen atoms in total. The second-order valence-corrected chi connectivity index (χ2v) is 10.9. The molecule has 1 saturated carbocycles. The fourth-order valence-electron chi connectivity index (χ4n) is 3.52. The van der Waals surface area contributed by atoms with Gasteiger partial charge in [0.05, 0.1) is 5.69 Å². The number of alkyl halides is 2. The Morgan fingerprint density at radius 3 is 2.62 bits per heavy atom. The first-order valence-electron chi connectivity index (χ1n) is 10.1. The lowest BCUT2D eigenvalue weighted by Gasteiger charge is -2.24. The Balaban J connectivity index is 1.61. The minimum absolute atomic E-state index is 0.0207. The fourth-order valence-corrected chi connectivity index (χ4v) is 5.68. The average Bonchev–Trinajstić information content (AvgIpc) is 3.15. The molecule has 0 bridgehead atoms. The van der Waals surface area contributed by atoms with Crippen LogP contribution in [0.2, 0.25) is 0 Å². The molecule has 4 heterocycles. The Labute approximate surface area is 186 Å². The second kappa shape index (κ2) is 7.93. The van der Waals surface area contributed by atoms with Gasteiger partial charge in [-0.15, -0.1) is 20.4 Å². The molecule has 1 aliphatic heterocycles. The van der Waals surface area contributed by atoms with Crippen molar-refractivity contribution in [2.45, 2.75) is 55.5 Å². The number of halogens is 2. The normalized spacial score (nSPS) is 19.0. The number of anilines is 1. The zero-order chi connectivity index (χ0) is 22.5. The molecule has 172 valence electrons. The van der Waals surface area contributed by atoms with E-state index in [2.05, 4.69) is 30.4 Å². The standard InChI is InChI=1S/C18H21F2N7O3S2/c1-18(4-5-18)26-32(28,29)11-8-12(21-10-2-6-30-7-3-10)14-22-23-15(27(14)9-11)17-25-24-16(31-17)13(19)20/h8-10,13,21,26H,2-7H2,1H3. The molecule has 2 N–H and O–H groups in total. The van der Waals surface area contributed by atoms with Crippen molar-refractivity contribution in [3.63, 3.8) is 0 Å². The summed E-state index contributed by atoms with van der Waals surface area (Å²) in [6.45, 7) is 3.05. The van der Waals surface area contributed by atoms with Gasteiger partial charge in [-0.25, -0.2) is 21.9 Å². The Bertz CT molecular complexity index is 1250. The Kier molecular flexibility index (Phi) is 5.34. The lowest BCUT2D eigenvalue weighted by molar-refractivity contribution is 0.0904. The summed E-state index contributed by atoms with van der Waals surface area (Å²) >= 11 is 0.691. The molecular weight excluding hydrogens is 464 g/mol. The summed E-state index contributed by atoms with van der Waals surface area (Å²) < 4.78 is 61.8. The van der Waals surface area contributed by atoms with Crippen LogP contribution in [-0.4, -0.2) is 58.0 Å². The molecule has 32 heavy (non-hydrogen) atoms. The third-order valence-corrected chi connectivity index (χ3v) is 8.10. The van der Waals surface area contributed by atoms with Crippen LogP contribution in [0.25, 0.3) is 16.5 Å². The summed E-state index contributed by atoms with van der Waals surface area (Å²) in [6.07, 6.45) is 1.67. The van der Waals surface area contributed by atoms with E-state index in [0.29, 0.717) is 35.9 Å². The van der Waals surface area contributed by atoms with Crippen LogP contribution in [0.4, 0.5) is 14.5 Å². The van der Waals surface area contributed by atoms with Crippen molar-refractivity contribution in [2.75, 3.05) is 18.5 Å². The summed E-state index contributed by atoms with van der Waals surface area (Å²) in [4.78, 5) is 0.0207. The SMILES string of the molecule is CC1(NS(=O)(=O)c2cc(NC3CCOCC3)c3nnc(-c4nnc(C(F)F)s4)n3c2)CC1. The first kappa shape index (κ1) is 21.6. The molecule has 1 aliphatic carbocycles. The van der Waals surface area contributed by atoms with E-state index >= 15 is 0 Å². The van der Waals surface area contributed by atoms with E-state index in [9.17, 15) is 17.2 Å². The summed E-state index contributed by atoms with van der Waals surface area (Å²) in [5.74, 6) is 0.147. The molecule has 0 unspecified atom stereocenters. The van der Waals surface area contributed by atoms with Crippen LogP contribution in [0, 0.1) is 0 Å². The van der Waals surface area contributed by atoms with E-state index in [4.69, 9.17) is 4.74 Å². The number of pyridine rings is 1. The number of nitrogens with zero attached hydrogens (tertiary/aromatic N) is 5. The zero-order valence-corrected chi connectivity index (χ0v) is 18.7. The molecule has 3 aromatic rings. The van der Waals surface area contributed by atoms with E-state index in [0.717, 1.165) is 25.7 Å². The number of nitrogens with one attached hydrogen (secondary N) is 2. The highest BCUT2D eigenvalue weighted by molar-refractivity contribution is 7.89. The maximum Gasteiger partial charge on any atom is 0.291 e. The highest BCUT2D eigenvalue weighted by Crippen LogP contribution is 2.37. The van der Waals surface area contributed by atoms with E-state index < -0.39 is 27.0 Å². The number of sulfonamides is 1. The minimum Gasteiger partial charge on any atom is -0.381 e. The highest BCUT2D eigenvalue weighted by atomic mass is 32.2. The van der Waals surface area contributed by atoms with Crippen molar-refractivity contribution in [3.05, 3.63) is 17.3 Å². The summed E-state index contributed by atoms with van der Waals surface area (Å²) in [6, 6.07) is 1.61. The van der Waals surface area contributed by atoms with Crippen LogP contribution in [0.1, 0.15) is 44.0 Å². The third kappa shape index (κ3) is 4.19. The van der Waals surface area contributed by atoms with Gasteiger partial charge in [0.25, 0.3) is 6.43 Å². The van der Waals surface area contributed by atoms with Gasteiger partial charge in [-0.2, -0.15) is 0 Å². The predicted octanol–water partition coefficient (Wildman–Crippen LogP) is 2.61. The molecule has 5 rings (SSSR count). The molecule has 0 aromatic carbocycles. The van der Waals surface area contributed by atoms with Gasteiger partial charge < -0.3 is 10.1 Å². The highest BCUT2D eigenvalue weighted by Gasteiger charge is 2.41. The summed E-state index contributed by atoms with van der Waals surface area (Å²) in [5, 5.41) is 18.6. The van der Waals surface area contributed by atoms with Gasteiger partial charge in [0, 0.05) is 31.0 Å².